The van der Waals surface area contributed by atoms with Crippen LogP contribution >= 0.6 is 22.9 Å². The number of H-pyrrole nitrogens is 1. The first kappa shape index (κ1) is 17.5. The van der Waals surface area contributed by atoms with E-state index in [1.54, 1.807) is 6.20 Å². The molecule has 0 atom stereocenters. The summed E-state index contributed by atoms with van der Waals surface area (Å²) in [7, 11) is 0. The zero-order valence-electron chi connectivity index (χ0n) is 15.0. The highest BCUT2D eigenvalue weighted by molar-refractivity contribution is 7.23. The number of amides is 1. The summed E-state index contributed by atoms with van der Waals surface area (Å²) >= 11 is 7.46. The van der Waals surface area contributed by atoms with E-state index in [-0.39, 0.29) is 5.91 Å². The fourth-order valence-corrected chi connectivity index (χ4v) is 4.97. The lowest BCUT2D eigenvalue weighted by Gasteiger charge is -2.29. The summed E-state index contributed by atoms with van der Waals surface area (Å²) in [5.41, 5.74) is 2.09. The molecule has 6 nitrogen and oxygen atoms in total. The number of aromatic amines is 1. The molecule has 0 saturated heterocycles. The van der Waals surface area contributed by atoms with Crippen LogP contribution in [0.25, 0.3) is 21.1 Å². The summed E-state index contributed by atoms with van der Waals surface area (Å²) in [4.78, 5) is 17.9. The predicted molar refractivity (Wildman–Crippen MR) is 114 cm³/mol. The molecule has 28 heavy (non-hydrogen) atoms. The van der Waals surface area contributed by atoms with Crippen molar-refractivity contribution in [2.75, 3.05) is 10.6 Å². The lowest BCUT2D eigenvalue weighted by Crippen LogP contribution is -2.47. The molecule has 142 valence electrons. The molecular formula is C20H18ClN5OS. The van der Waals surface area contributed by atoms with Crippen LogP contribution in [0, 0.1) is 0 Å². The molecular weight excluding hydrogens is 394 g/mol. The van der Waals surface area contributed by atoms with Crippen molar-refractivity contribution in [1.29, 1.82) is 0 Å². The van der Waals surface area contributed by atoms with Crippen molar-refractivity contribution < 1.29 is 4.79 Å². The van der Waals surface area contributed by atoms with Crippen molar-refractivity contribution in [2.24, 2.45) is 0 Å². The van der Waals surface area contributed by atoms with E-state index in [1.165, 1.54) is 11.3 Å². The van der Waals surface area contributed by atoms with Crippen LogP contribution in [0.1, 0.15) is 25.7 Å². The Morgan fingerprint density at radius 1 is 1.14 bits per heavy atom. The van der Waals surface area contributed by atoms with Gasteiger partial charge in [-0.1, -0.05) is 35.8 Å². The number of nitrogens with one attached hydrogen (secondary N) is 3. The van der Waals surface area contributed by atoms with E-state index < -0.39 is 5.54 Å². The van der Waals surface area contributed by atoms with E-state index in [0.717, 1.165) is 52.5 Å². The summed E-state index contributed by atoms with van der Waals surface area (Å²) in [5.74, 6) is -0.0394. The molecule has 0 aliphatic heterocycles. The smallest absolute Gasteiger partial charge is 0.251 e. The highest BCUT2D eigenvalue weighted by Gasteiger charge is 2.41. The molecule has 0 unspecified atom stereocenters. The number of carbonyl (C=O) groups is 1. The molecule has 1 aliphatic rings. The van der Waals surface area contributed by atoms with Crippen LogP contribution in [-0.4, -0.2) is 26.6 Å². The van der Waals surface area contributed by atoms with E-state index in [2.05, 4.69) is 25.8 Å². The molecule has 1 amide bonds. The SMILES string of the molecule is O=C(Nc1nc2ccc3[nH]ncc3c2s1)C1(Nc2ccc(Cl)cc2)CCCC1. The molecule has 2 aromatic carbocycles. The molecule has 0 spiro atoms. The second-order valence-corrected chi connectivity index (χ2v) is 8.57. The number of carbonyl (C=O) groups excluding carboxylic acids is 1. The number of hydrogen-bond acceptors (Lipinski definition) is 5. The van der Waals surface area contributed by atoms with E-state index >= 15 is 0 Å². The lowest BCUT2D eigenvalue weighted by molar-refractivity contribution is -0.120. The Kier molecular flexibility index (Phi) is 4.21. The van der Waals surface area contributed by atoms with Gasteiger partial charge in [-0.15, -0.1) is 0 Å². The largest absolute Gasteiger partial charge is 0.371 e. The number of halogens is 1. The van der Waals surface area contributed by atoms with Crippen LogP contribution in [0.2, 0.25) is 5.02 Å². The van der Waals surface area contributed by atoms with Gasteiger partial charge >= 0.3 is 0 Å². The third-order valence-electron chi connectivity index (χ3n) is 5.31. The Balaban J connectivity index is 1.43. The Bertz CT molecular complexity index is 1160. The number of thiazole rings is 1. The Labute approximate surface area is 170 Å². The topological polar surface area (TPSA) is 82.7 Å². The Morgan fingerprint density at radius 3 is 2.71 bits per heavy atom. The van der Waals surface area contributed by atoms with Gasteiger partial charge in [0.15, 0.2) is 5.13 Å². The minimum atomic E-state index is -0.628. The highest BCUT2D eigenvalue weighted by atomic mass is 35.5. The Hall–Kier alpha value is -2.64. The maximum atomic E-state index is 13.2. The monoisotopic (exact) mass is 411 g/mol. The summed E-state index contributed by atoms with van der Waals surface area (Å²) in [6, 6.07) is 11.4. The van der Waals surface area contributed by atoms with Crippen molar-refractivity contribution in [3.63, 3.8) is 0 Å². The van der Waals surface area contributed by atoms with Gasteiger partial charge in [-0.2, -0.15) is 5.10 Å². The van der Waals surface area contributed by atoms with Gasteiger partial charge in [0.1, 0.15) is 5.54 Å². The molecule has 4 aromatic rings. The van der Waals surface area contributed by atoms with Gasteiger partial charge in [0.05, 0.1) is 21.9 Å². The Morgan fingerprint density at radius 2 is 1.93 bits per heavy atom. The number of benzene rings is 2. The van der Waals surface area contributed by atoms with Crippen LogP contribution in [0.15, 0.2) is 42.6 Å². The fraction of sp³-hybridized carbons (Fsp3) is 0.250. The van der Waals surface area contributed by atoms with Gasteiger partial charge < -0.3 is 5.32 Å². The van der Waals surface area contributed by atoms with Crippen LogP contribution in [-0.2, 0) is 4.79 Å². The molecule has 1 fully saturated rings. The molecule has 5 rings (SSSR count). The number of nitrogens with zero attached hydrogens (tertiary/aromatic N) is 2. The quantitative estimate of drug-likeness (QED) is 0.431. The highest BCUT2D eigenvalue weighted by Crippen LogP contribution is 2.36. The molecule has 8 heteroatoms. The van der Waals surface area contributed by atoms with Crippen LogP contribution in [0.3, 0.4) is 0 Å². The lowest BCUT2D eigenvalue weighted by atomic mass is 9.95. The number of hydrogen-bond donors (Lipinski definition) is 3. The summed E-state index contributed by atoms with van der Waals surface area (Å²) < 4.78 is 1.02. The zero-order chi connectivity index (χ0) is 19.1. The summed E-state index contributed by atoms with van der Waals surface area (Å²) in [5, 5.41) is 15.9. The second kappa shape index (κ2) is 6.76. The number of rotatable bonds is 4. The van der Waals surface area contributed by atoms with Crippen molar-refractivity contribution >= 4 is 60.8 Å². The molecule has 0 radical (unpaired) electrons. The first-order valence-electron chi connectivity index (χ1n) is 9.21. The maximum absolute atomic E-state index is 13.2. The van der Waals surface area contributed by atoms with Crippen molar-refractivity contribution in [1.82, 2.24) is 15.2 Å². The summed E-state index contributed by atoms with van der Waals surface area (Å²) in [6.45, 7) is 0. The van der Waals surface area contributed by atoms with E-state index in [1.807, 2.05) is 36.4 Å². The van der Waals surface area contributed by atoms with Gasteiger partial charge in [0.2, 0.25) is 0 Å². The van der Waals surface area contributed by atoms with Crippen LogP contribution in [0.4, 0.5) is 10.8 Å². The van der Waals surface area contributed by atoms with Crippen molar-refractivity contribution in [3.8, 4) is 0 Å². The standard InChI is InChI=1S/C20H18ClN5OS/c21-12-3-5-13(6-4-12)25-20(9-1-2-10-20)18(27)24-19-23-16-8-7-15-14(11-22-26-15)17(16)28-19/h3-8,11,25H,1-2,9-10H2,(H,22,26)(H,23,24,27). The van der Waals surface area contributed by atoms with E-state index in [4.69, 9.17) is 11.6 Å². The third kappa shape index (κ3) is 3.00. The second-order valence-electron chi connectivity index (χ2n) is 7.14. The molecule has 1 aliphatic carbocycles. The first-order valence-corrected chi connectivity index (χ1v) is 10.4. The zero-order valence-corrected chi connectivity index (χ0v) is 16.5. The third-order valence-corrected chi connectivity index (χ3v) is 6.59. The van der Waals surface area contributed by atoms with Crippen molar-refractivity contribution in [3.05, 3.63) is 47.6 Å². The molecule has 0 bridgehead atoms. The van der Waals surface area contributed by atoms with E-state index in [0.29, 0.717) is 10.2 Å². The van der Waals surface area contributed by atoms with Gasteiger partial charge in [0.25, 0.3) is 5.91 Å². The van der Waals surface area contributed by atoms with Gasteiger partial charge in [-0.25, -0.2) is 4.98 Å². The van der Waals surface area contributed by atoms with Gasteiger partial charge in [-0.3, -0.25) is 15.2 Å². The van der Waals surface area contributed by atoms with Gasteiger partial charge in [0, 0.05) is 16.1 Å². The molecule has 1 saturated carbocycles. The first-order chi connectivity index (χ1) is 13.6. The van der Waals surface area contributed by atoms with Crippen molar-refractivity contribution in [2.45, 2.75) is 31.2 Å². The molecule has 2 aromatic heterocycles. The maximum Gasteiger partial charge on any atom is 0.251 e. The predicted octanol–water partition coefficient (Wildman–Crippen LogP) is 5.19. The fourth-order valence-electron chi connectivity index (χ4n) is 3.87. The van der Waals surface area contributed by atoms with Gasteiger partial charge in [-0.05, 0) is 49.2 Å². The minimum absolute atomic E-state index is 0.0394. The van der Waals surface area contributed by atoms with Crippen LogP contribution in [0.5, 0.6) is 0 Å². The molecule has 3 N–H and O–H groups in total. The number of fused-ring (bicyclic) bond motifs is 3. The van der Waals surface area contributed by atoms with E-state index in [9.17, 15) is 4.79 Å². The normalized spacial score (nSPS) is 15.9. The number of anilines is 2. The average molecular weight is 412 g/mol. The number of aromatic nitrogens is 3. The van der Waals surface area contributed by atoms with Crippen LogP contribution < -0.4 is 10.6 Å². The summed E-state index contributed by atoms with van der Waals surface area (Å²) in [6.07, 6.45) is 5.41. The average Bonchev–Trinajstić information content (AvgIpc) is 3.41. The minimum Gasteiger partial charge on any atom is -0.371 e. The molecule has 2 heterocycles.